The number of carbonyl (C=O) groups is 2. The van der Waals surface area contributed by atoms with Crippen LogP contribution in [0.25, 0.3) is 10.1 Å². The minimum absolute atomic E-state index is 0.0987. The molecule has 2 rings (SSSR count). The highest BCUT2D eigenvalue weighted by atomic mass is 32.1. The lowest BCUT2D eigenvalue weighted by atomic mass is 10.0. The van der Waals surface area contributed by atoms with Gasteiger partial charge in [0.25, 0.3) is 0 Å². The van der Waals surface area contributed by atoms with Crippen molar-refractivity contribution in [3.63, 3.8) is 0 Å². The van der Waals surface area contributed by atoms with Crippen molar-refractivity contribution in [2.45, 2.75) is 52.8 Å². The summed E-state index contributed by atoms with van der Waals surface area (Å²) in [6, 6.07) is 5.61. The van der Waals surface area contributed by atoms with Crippen LogP contribution in [0.1, 0.15) is 45.5 Å². The van der Waals surface area contributed by atoms with Gasteiger partial charge < -0.3 is 15.4 Å². The molecular weight excluding hydrogens is 355 g/mol. The van der Waals surface area contributed by atoms with Crippen LogP contribution in [0.4, 0.5) is 9.18 Å². The molecular formula is C19H25FN2O3S. The van der Waals surface area contributed by atoms with Crippen LogP contribution in [-0.2, 0) is 9.53 Å². The van der Waals surface area contributed by atoms with E-state index in [1.165, 1.54) is 23.5 Å². The van der Waals surface area contributed by atoms with E-state index < -0.39 is 12.1 Å². The van der Waals surface area contributed by atoms with E-state index in [0.717, 1.165) is 15.0 Å². The molecule has 0 aliphatic carbocycles. The predicted octanol–water partition coefficient (Wildman–Crippen LogP) is 4.38. The number of carbonyl (C=O) groups excluding carboxylic acids is 2. The summed E-state index contributed by atoms with van der Waals surface area (Å²) in [5, 5.41) is 6.47. The Kier molecular flexibility index (Phi) is 6.58. The van der Waals surface area contributed by atoms with Crippen molar-refractivity contribution < 1.29 is 18.7 Å². The highest BCUT2D eigenvalue weighted by molar-refractivity contribution is 7.19. The van der Waals surface area contributed by atoms with Crippen LogP contribution in [0.15, 0.2) is 24.3 Å². The third-order valence-electron chi connectivity index (χ3n) is 3.85. The molecule has 2 atom stereocenters. The lowest BCUT2D eigenvalue weighted by Gasteiger charge is -2.24. The molecule has 1 aromatic carbocycles. The maximum atomic E-state index is 13.3. The second kappa shape index (κ2) is 8.49. The van der Waals surface area contributed by atoms with Gasteiger partial charge in [0.15, 0.2) is 0 Å². The van der Waals surface area contributed by atoms with Gasteiger partial charge in [-0.1, -0.05) is 19.9 Å². The van der Waals surface area contributed by atoms with Gasteiger partial charge in [-0.15, -0.1) is 11.3 Å². The fraction of sp³-hybridized carbons (Fsp3) is 0.474. The fourth-order valence-corrected chi connectivity index (χ4v) is 3.62. The molecule has 2 N–H and O–H groups in total. The van der Waals surface area contributed by atoms with Gasteiger partial charge in [0.1, 0.15) is 11.9 Å². The zero-order valence-corrected chi connectivity index (χ0v) is 16.4. The molecule has 0 fully saturated rings. The number of amides is 2. The summed E-state index contributed by atoms with van der Waals surface area (Å²) < 4.78 is 19.2. The van der Waals surface area contributed by atoms with Crippen molar-refractivity contribution in [2.75, 3.05) is 0 Å². The first kappa shape index (κ1) is 20.2. The average molecular weight is 380 g/mol. The van der Waals surface area contributed by atoms with E-state index in [1.807, 2.05) is 26.8 Å². The molecule has 1 unspecified atom stereocenters. The molecule has 0 saturated carbocycles. The van der Waals surface area contributed by atoms with Crippen molar-refractivity contribution in [3.05, 3.63) is 35.0 Å². The van der Waals surface area contributed by atoms with E-state index in [1.54, 1.807) is 19.9 Å². The Morgan fingerprint density at radius 2 is 1.77 bits per heavy atom. The highest BCUT2D eigenvalue weighted by Gasteiger charge is 2.26. The average Bonchev–Trinajstić information content (AvgIpc) is 2.94. The van der Waals surface area contributed by atoms with Crippen LogP contribution in [0.3, 0.4) is 0 Å². The zero-order chi connectivity index (χ0) is 19.4. The Morgan fingerprint density at radius 1 is 1.08 bits per heavy atom. The molecule has 142 valence electrons. The van der Waals surface area contributed by atoms with Gasteiger partial charge in [0, 0.05) is 9.58 Å². The van der Waals surface area contributed by atoms with Crippen LogP contribution in [0.5, 0.6) is 0 Å². The van der Waals surface area contributed by atoms with Crippen molar-refractivity contribution in [1.29, 1.82) is 0 Å². The Bertz CT molecular complexity index is 788. The first-order valence-electron chi connectivity index (χ1n) is 8.64. The zero-order valence-electron chi connectivity index (χ0n) is 15.6. The molecule has 2 amide bonds. The molecule has 0 aliphatic rings. The summed E-state index contributed by atoms with van der Waals surface area (Å²) in [5.41, 5.74) is 0. The second-order valence-corrected chi connectivity index (χ2v) is 8.00. The molecule has 0 bridgehead atoms. The first-order valence-corrected chi connectivity index (χ1v) is 9.45. The second-order valence-electron chi connectivity index (χ2n) is 6.88. The smallest absolute Gasteiger partial charge is 0.408 e. The molecule has 0 radical (unpaired) electrons. The van der Waals surface area contributed by atoms with Crippen LogP contribution >= 0.6 is 11.3 Å². The van der Waals surface area contributed by atoms with Gasteiger partial charge in [-0.3, -0.25) is 4.79 Å². The van der Waals surface area contributed by atoms with Crippen molar-refractivity contribution in [1.82, 2.24) is 10.6 Å². The fourth-order valence-electron chi connectivity index (χ4n) is 2.52. The third kappa shape index (κ3) is 5.17. The number of benzene rings is 1. The van der Waals surface area contributed by atoms with E-state index >= 15 is 0 Å². The summed E-state index contributed by atoms with van der Waals surface area (Å²) in [5.74, 6) is -0.661. The molecule has 0 saturated heterocycles. The largest absolute Gasteiger partial charge is 0.447 e. The topological polar surface area (TPSA) is 67.4 Å². The minimum Gasteiger partial charge on any atom is -0.447 e. The molecule has 0 spiro atoms. The van der Waals surface area contributed by atoms with Gasteiger partial charge in [0.2, 0.25) is 5.91 Å². The highest BCUT2D eigenvalue weighted by Crippen LogP contribution is 2.30. The van der Waals surface area contributed by atoms with E-state index in [0.29, 0.717) is 0 Å². The van der Waals surface area contributed by atoms with Crippen molar-refractivity contribution in [2.24, 2.45) is 5.92 Å². The Labute approximate surface area is 156 Å². The number of nitrogens with one attached hydrogen (secondary N) is 2. The summed E-state index contributed by atoms with van der Waals surface area (Å²) in [6.07, 6.45) is -0.873. The lowest BCUT2D eigenvalue weighted by Crippen LogP contribution is -2.50. The number of alkyl carbamates (subject to hydrolysis) is 1. The molecule has 2 aromatic rings. The molecule has 1 heterocycles. The molecule has 7 heteroatoms. The molecule has 26 heavy (non-hydrogen) atoms. The van der Waals surface area contributed by atoms with Gasteiger partial charge in [-0.25, -0.2) is 9.18 Å². The summed E-state index contributed by atoms with van der Waals surface area (Å²) >= 11 is 1.44. The first-order chi connectivity index (χ1) is 12.2. The van der Waals surface area contributed by atoms with Gasteiger partial charge in [-0.2, -0.15) is 0 Å². The number of hydrogen-bond acceptors (Lipinski definition) is 4. The molecule has 1 aromatic heterocycles. The van der Waals surface area contributed by atoms with E-state index in [4.69, 9.17) is 4.74 Å². The van der Waals surface area contributed by atoms with E-state index in [2.05, 4.69) is 10.6 Å². The summed E-state index contributed by atoms with van der Waals surface area (Å²) in [7, 11) is 0. The quantitative estimate of drug-likeness (QED) is 0.782. The number of rotatable bonds is 6. The number of ether oxygens (including phenoxy) is 1. The van der Waals surface area contributed by atoms with E-state index in [-0.39, 0.29) is 29.8 Å². The van der Waals surface area contributed by atoms with Crippen LogP contribution in [0.2, 0.25) is 0 Å². The summed E-state index contributed by atoms with van der Waals surface area (Å²) in [4.78, 5) is 25.4. The predicted molar refractivity (Wildman–Crippen MR) is 102 cm³/mol. The maximum absolute atomic E-state index is 13.3. The number of fused-ring (bicyclic) bond motifs is 1. The molecule has 5 nitrogen and oxygen atoms in total. The third-order valence-corrected chi connectivity index (χ3v) is 5.13. The van der Waals surface area contributed by atoms with Crippen LogP contribution in [0, 0.1) is 11.7 Å². The monoisotopic (exact) mass is 380 g/mol. The number of halogens is 1. The lowest BCUT2D eigenvalue weighted by molar-refractivity contribution is -0.124. The van der Waals surface area contributed by atoms with Gasteiger partial charge in [0.05, 0.1) is 12.1 Å². The van der Waals surface area contributed by atoms with Crippen molar-refractivity contribution in [3.8, 4) is 0 Å². The van der Waals surface area contributed by atoms with E-state index in [9.17, 15) is 14.0 Å². The number of hydrogen-bond donors (Lipinski definition) is 2. The summed E-state index contributed by atoms with van der Waals surface area (Å²) in [6.45, 7) is 9.06. The standard InChI is InChI=1S/C19H25FN2O3S/c1-10(2)17(22-19(24)25-11(3)4)18(23)21-12(5)15-8-13-6-7-14(20)9-16(13)26-15/h6-12,17H,1-5H3,(H,21,23)(H,22,24)/t12?,17-/m0/s1. The van der Waals surface area contributed by atoms with Crippen LogP contribution in [-0.4, -0.2) is 24.1 Å². The molecule has 0 aliphatic heterocycles. The SMILES string of the molecule is CC(C)OC(=O)N[C@H](C(=O)NC(C)c1cc2ccc(F)cc2s1)C(C)C. The Hall–Kier alpha value is -2.15. The van der Waals surface area contributed by atoms with Gasteiger partial charge in [-0.05, 0) is 50.3 Å². The normalized spacial score (nSPS) is 13.7. The Balaban J connectivity index is 2.07. The van der Waals surface area contributed by atoms with Gasteiger partial charge >= 0.3 is 6.09 Å². The minimum atomic E-state index is -0.699. The van der Waals surface area contributed by atoms with Crippen molar-refractivity contribution >= 4 is 33.4 Å². The Morgan fingerprint density at radius 3 is 2.38 bits per heavy atom. The number of thiophene rings is 1. The maximum Gasteiger partial charge on any atom is 0.408 e. The van der Waals surface area contributed by atoms with Crippen LogP contribution < -0.4 is 10.6 Å².